The van der Waals surface area contributed by atoms with Crippen LogP contribution in [0, 0.1) is 5.92 Å². The van der Waals surface area contributed by atoms with Crippen LogP contribution in [-0.4, -0.2) is 43.2 Å². The lowest BCUT2D eigenvalue weighted by Crippen LogP contribution is -2.56. The summed E-state index contributed by atoms with van der Waals surface area (Å²) in [5, 5.41) is 4.92. The maximum atomic E-state index is 6.36. The van der Waals surface area contributed by atoms with Crippen LogP contribution in [0.4, 0.5) is 5.69 Å². The first kappa shape index (κ1) is 15.7. The molecule has 1 aliphatic carbocycles. The maximum Gasteiger partial charge on any atom is 0.200 e. The standard InChI is InChI=1S/C17H24ClN3O2/c1-4-19-16-20(21(16)22-3)15-9-8-13(18)10-14(15)17(19,11-23-5-2)12-6-7-12/h8-10,12,16H,4-7,11H2,1-3H3. The number of fused-ring (bicyclic) bond motifs is 3. The van der Waals surface area contributed by atoms with Gasteiger partial charge >= 0.3 is 0 Å². The number of benzene rings is 1. The predicted molar refractivity (Wildman–Crippen MR) is 89.8 cm³/mol. The van der Waals surface area contributed by atoms with Crippen molar-refractivity contribution in [3.8, 4) is 0 Å². The van der Waals surface area contributed by atoms with Crippen molar-refractivity contribution in [1.82, 2.24) is 10.1 Å². The van der Waals surface area contributed by atoms with Crippen molar-refractivity contribution in [2.24, 2.45) is 5.92 Å². The van der Waals surface area contributed by atoms with E-state index in [1.165, 1.54) is 24.1 Å². The van der Waals surface area contributed by atoms with E-state index < -0.39 is 0 Å². The quantitative estimate of drug-likeness (QED) is 0.743. The molecule has 5 nitrogen and oxygen atoms in total. The number of hydrogen-bond donors (Lipinski definition) is 0. The third kappa shape index (κ3) is 2.14. The Bertz CT molecular complexity index is 610. The lowest BCUT2D eigenvalue weighted by molar-refractivity contribution is -0.0970. The van der Waals surface area contributed by atoms with E-state index in [9.17, 15) is 0 Å². The molecule has 0 amide bonds. The molecule has 0 aromatic heterocycles. The first-order valence-electron chi connectivity index (χ1n) is 8.46. The van der Waals surface area contributed by atoms with Crippen molar-refractivity contribution >= 4 is 17.3 Å². The van der Waals surface area contributed by atoms with Gasteiger partial charge in [0.2, 0.25) is 0 Å². The molecule has 6 heteroatoms. The summed E-state index contributed by atoms with van der Waals surface area (Å²) in [5.74, 6) is 0.618. The third-order valence-electron chi connectivity index (χ3n) is 5.34. The van der Waals surface area contributed by atoms with Crippen LogP contribution >= 0.6 is 11.6 Å². The van der Waals surface area contributed by atoms with E-state index in [0.717, 1.165) is 18.2 Å². The first-order valence-corrected chi connectivity index (χ1v) is 8.83. The topological polar surface area (TPSA) is 27.7 Å². The van der Waals surface area contributed by atoms with Crippen molar-refractivity contribution in [3.05, 3.63) is 28.8 Å². The lowest BCUT2D eigenvalue weighted by Gasteiger charge is -2.46. The highest BCUT2D eigenvalue weighted by atomic mass is 35.5. The molecule has 3 aliphatic rings. The lowest BCUT2D eigenvalue weighted by atomic mass is 9.81. The summed E-state index contributed by atoms with van der Waals surface area (Å²) < 4.78 is 5.98. The number of likely N-dealkylation sites (N-methyl/N-ethyl adjacent to an activating group) is 1. The number of nitrogens with zero attached hydrogens (tertiary/aromatic N) is 3. The van der Waals surface area contributed by atoms with Gasteiger partial charge in [-0.1, -0.05) is 23.7 Å². The molecule has 0 bridgehead atoms. The van der Waals surface area contributed by atoms with E-state index in [4.69, 9.17) is 21.2 Å². The molecule has 1 aromatic rings. The van der Waals surface area contributed by atoms with Crippen LogP contribution in [0.1, 0.15) is 32.3 Å². The van der Waals surface area contributed by atoms with Gasteiger partial charge in [-0.2, -0.15) is 0 Å². The van der Waals surface area contributed by atoms with Crippen LogP contribution in [0.2, 0.25) is 5.02 Å². The minimum absolute atomic E-state index is 0.112. The monoisotopic (exact) mass is 337 g/mol. The molecule has 0 N–H and O–H groups in total. The predicted octanol–water partition coefficient (Wildman–Crippen LogP) is 3.20. The minimum Gasteiger partial charge on any atom is -0.379 e. The van der Waals surface area contributed by atoms with Crippen molar-refractivity contribution in [2.75, 3.05) is 31.9 Å². The van der Waals surface area contributed by atoms with Crippen LogP contribution in [-0.2, 0) is 15.1 Å². The fraction of sp³-hybridized carbons (Fsp3) is 0.647. The molecular formula is C17H24ClN3O2. The molecule has 0 radical (unpaired) electrons. The molecule has 3 unspecified atom stereocenters. The van der Waals surface area contributed by atoms with Crippen LogP contribution in [0.3, 0.4) is 0 Å². The molecule has 4 rings (SSSR count). The molecule has 1 aromatic carbocycles. The molecule has 1 saturated carbocycles. The Morgan fingerprint density at radius 2 is 2.09 bits per heavy atom. The Morgan fingerprint density at radius 3 is 2.70 bits per heavy atom. The van der Waals surface area contributed by atoms with Crippen molar-refractivity contribution in [3.63, 3.8) is 0 Å². The maximum absolute atomic E-state index is 6.36. The zero-order valence-electron chi connectivity index (χ0n) is 14.0. The zero-order valence-corrected chi connectivity index (χ0v) is 14.7. The number of halogens is 1. The molecule has 3 atom stereocenters. The van der Waals surface area contributed by atoms with Gasteiger partial charge < -0.3 is 4.74 Å². The summed E-state index contributed by atoms with van der Waals surface area (Å²) in [6, 6.07) is 6.20. The molecule has 0 spiro atoms. The highest BCUT2D eigenvalue weighted by Crippen LogP contribution is 2.59. The van der Waals surface area contributed by atoms with Gasteiger partial charge in [0.05, 0.1) is 24.9 Å². The zero-order chi connectivity index (χ0) is 16.2. The molecule has 1 saturated heterocycles. The van der Waals surface area contributed by atoms with Gasteiger partial charge in [0.15, 0.2) is 6.29 Å². The summed E-state index contributed by atoms with van der Waals surface area (Å²) >= 11 is 6.36. The van der Waals surface area contributed by atoms with Crippen LogP contribution in [0.5, 0.6) is 0 Å². The summed E-state index contributed by atoms with van der Waals surface area (Å²) in [5.41, 5.74) is 2.36. The molecule has 2 aliphatic heterocycles. The van der Waals surface area contributed by atoms with Gasteiger partial charge in [-0.15, -0.1) is 0 Å². The number of hydrogen-bond acceptors (Lipinski definition) is 5. The average Bonchev–Trinajstić information content (AvgIpc) is 3.44. The number of anilines is 1. The van der Waals surface area contributed by atoms with E-state index >= 15 is 0 Å². The van der Waals surface area contributed by atoms with E-state index in [1.807, 2.05) is 11.2 Å². The van der Waals surface area contributed by atoms with E-state index in [1.54, 1.807) is 7.11 Å². The van der Waals surface area contributed by atoms with E-state index in [0.29, 0.717) is 12.5 Å². The Labute approximate surface area is 142 Å². The summed E-state index contributed by atoms with van der Waals surface area (Å²) in [7, 11) is 1.73. The largest absolute Gasteiger partial charge is 0.379 e. The number of hydroxylamine groups is 1. The SMILES string of the molecule is CCOCC1(C2CC2)c2cc(Cl)ccc2N2C(N2OC)N1CC. The Morgan fingerprint density at radius 1 is 1.30 bits per heavy atom. The number of hydrazine groups is 1. The molecule has 2 heterocycles. The van der Waals surface area contributed by atoms with Crippen molar-refractivity contribution in [1.29, 1.82) is 0 Å². The molecular weight excluding hydrogens is 314 g/mol. The number of ether oxygens (including phenoxy) is 1. The fourth-order valence-electron chi connectivity index (χ4n) is 4.22. The van der Waals surface area contributed by atoms with Crippen LogP contribution < -0.4 is 5.01 Å². The van der Waals surface area contributed by atoms with Gasteiger partial charge in [0.1, 0.15) is 0 Å². The Hall–Kier alpha value is -0.850. The second-order valence-electron chi connectivity index (χ2n) is 6.46. The first-order chi connectivity index (χ1) is 11.2. The van der Waals surface area contributed by atoms with Gasteiger partial charge in [0.25, 0.3) is 0 Å². The van der Waals surface area contributed by atoms with Gasteiger partial charge in [0, 0.05) is 17.2 Å². The highest BCUT2D eigenvalue weighted by molar-refractivity contribution is 6.30. The van der Waals surface area contributed by atoms with E-state index in [2.05, 4.69) is 35.9 Å². The van der Waals surface area contributed by atoms with Gasteiger partial charge in [-0.25, -0.2) is 5.01 Å². The Kier molecular flexibility index (Phi) is 3.82. The number of rotatable bonds is 6. The smallest absolute Gasteiger partial charge is 0.200 e. The average molecular weight is 338 g/mol. The molecule has 2 fully saturated rings. The summed E-state index contributed by atoms with van der Waals surface area (Å²) in [4.78, 5) is 8.09. The normalized spacial score (nSPS) is 32.6. The van der Waals surface area contributed by atoms with E-state index in [-0.39, 0.29) is 11.8 Å². The highest BCUT2D eigenvalue weighted by Gasteiger charge is 2.65. The van der Waals surface area contributed by atoms with Gasteiger partial charge in [-0.3, -0.25) is 9.74 Å². The second kappa shape index (κ2) is 5.60. The molecule has 23 heavy (non-hydrogen) atoms. The molecule has 126 valence electrons. The van der Waals surface area contributed by atoms with Crippen LogP contribution in [0.25, 0.3) is 0 Å². The minimum atomic E-state index is -0.112. The second-order valence-corrected chi connectivity index (χ2v) is 6.90. The van der Waals surface area contributed by atoms with Crippen molar-refractivity contribution in [2.45, 2.75) is 38.5 Å². The van der Waals surface area contributed by atoms with Crippen LogP contribution in [0.15, 0.2) is 18.2 Å². The summed E-state index contributed by atoms with van der Waals surface area (Å²) in [6.45, 7) is 6.64. The summed E-state index contributed by atoms with van der Waals surface area (Å²) in [6.07, 6.45) is 2.64. The Balaban J connectivity index is 1.87. The van der Waals surface area contributed by atoms with Crippen molar-refractivity contribution < 1.29 is 9.57 Å². The third-order valence-corrected chi connectivity index (χ3v) is 5.58. The fourth-order valence-corrected chi connectivity index (χ4v) is 4.40. The van der Waals surface area contributed by atoms with Gasteiger partial charge in [-0.05, 0) is 50.4 Å².